The summed E-state index contributed by atoms with van der Waals surface area (Å²) in [6, 6.07) is -0.636. The molecule has 0 aromatic rings. The van der Waals surface area contributed by atoms with E-state index in [2.05, 4.69) is 43.5 Å². The highest BCUT2D eigenvalue weighted by atomic mass is 16.5. The van der Waals surface area contributed by atoms with Crippen LogP contribution < -0.4 is 5.32 Å². The Hall–Kier alpha value is -1.92. The number of unbranched alkanes of at least 4 members (excludes halogenated alkanes) is 36. The molecule has 2 unspecified atom stereocenters. The van der Waals surface area contributed by atoms with Gasteiger partial charge in [-0.25, -0.2) is 0 Å². The van der Waals surface area contributed by atoms with Gasteiger partial charge in [0.2, 0.25) is 5.91 Å². The molecule has 6 nitrogen and oxygen atoms in total. The molecule has 2 atom stereocenters. The predicted molar refractivity (Wildman–Crippen MR) is 273 cm³/mol. The number of esters is 1. The number of carbonyl (C=O) groups excluding carboxylic acids is 2. The van der Waals surface area contributed by atoms with E-state index in [1.54, 1.807) is 6.08 Å². The highest BCUT2D eigenvalue weighted by Crippen LogP contribution is 2.16. The van der Waals surface area contributed by atoms with E-state index >= 15 is 0 Å². The minimum Gasteiger partial charge on any atom is -0.466 e. The summed E-state index contributed by atoms with van der Waals surface area (Å²) in [6.07, 6.45) is 64.3. The molecule has 0 aliphatic rings. The van der Waals surface area contributed by atoms with Crippen molar-refractivity contribution in [2.24, 2.45) is 0 Å². The Kier molecular flexibility index (Phi) is 51.1. The van der Waals surface area contributed by atoms with E-state index in [9.17, 15) is 19.8 Å². The molecule has 0 saturated carbocycles. The number of allylic oxidation sites excluding steroid dienone is 5. The van der Waals surface area contributed by atoms with Gasteiger partial charge < -0.3 is 20.3 Å². The van der Waals surface area contributed by atoms with Crippen molar-refractivity contribution in [2.75, 3.05) is 13.2 Å². The van der Waals surface area contributed by atoms with Crippen molar-refractivity contribution in [3.05, 3.63) is 36.5 Å². The van der Waals surface area contributed by atoms with E-state index in [0.29, 0.717) is 19.4 Å². The quantitative estimate of drug-likeness (QED) is 0.0321. The van der Waals surface area contributed by atoms with Gasteiger partial charge in [-0.05, 0) is 64.2 Å². The van der Waals surface area contributed by atoms with Gasteiger partial charge in [0.25, 0.3) is 0 Å². The summed E-state index contributed by atoms with van der Waals surface area (Å²) >= 11 is 0. The number of hydrogen-bond acceptors (Lipinski definition) is 5. The minimum absolute atomic E-state index is 0.0111. The fourth-order valence-electron chi connectivity index (χ4n) is 8.37. The SMILES string of the molecule is CCCCCC/C=C\C/C=C\CCCCCCCCCC(=O)OCCCCCCCCCCCCCCCCC(=O)NC(CO)C(O)/C=C/CCCCCCCCCCCCCC. The van der Waals surface area contributed by atoms with Crippen molar-refractivity contribution in [1.29, 1.82) is 0 Å². The van der Waals surface area contributed by atoms with Crippen LogP contribution in [0.15, 0.2) is 36.5 Å². The van der Waals surface area contributed by atoms with Crippen LogP contribution in [0.2, 0.25) is 0 Å². The van der Waals surface area contributed by atoms with E-state index in [0.717, 1.165) is 64.2 Å². The Balaban J connectivity index is 3.46. The summed E-state index contributed by atoms with van der Waals surface area (Å²) in [4.78, 5) is 24.5. The molecule has 0 fully saturated rings. The third kappa shape index (κ3) is 49.4. The van der Waals surface area contributed by atoms with Gasteiger partial charge in [-0.2, -0.15) is 0 Å². The second kappa shape index (κ2) is 52.7. The summed E-state index contributed by atoms with van der Waals surface area (Å²) in [5.74, 6) is -0.0899. The largest absolute Gasteiger partial charge is 0.466 e. The van der Waals surface area contributed by atoms with Gasteiger partial charge in [0, 0.05) is 12.8 Å². The van der Waals surface area contributed by atoms with Crippen molar-refractivity contribution < 1.29 is 24.5 Å². The Labute approximate surface area is 392 Å². The van der Waals surface area contributed by atoms with Crippen molar-refractivity contribution in [3.8, 4) is 0 Å². The molecule has 3 N–H and O–H groups in total. The molecule has 0 aliphatic carbocycles. The topological polar surface area (TPSA) is 95.9 Å². The van der Waals surface area contributed by atoms with Gasteiger partial charge >= 0.3 is 5.97 Å². The van der Waals surface area contributed by atoms with Crippen molar-refractivity contribution >= 4 is 11.9 Å². The molecule has 63 heavy (non-hydrogen) atoms. The van der Waals surface area contributed by atoms with Crippen molar-refractivity contribution in [1.82, 2.24) is 5.32 Å². The van der Waals surface area contributed by atoms with E-state index in [1.807, 2.05) is 6.08 Å². The number of rotatable bonds is 51. The number of ether oxygens (including phenoxy) is 1. The lowest BCUT2D eigenvalue weighted by Crippen LogP contribution is -2.45. The summed E-state index contributed by atoms with van der Waals surface area (Å²) in [7, 11) is 0. The van der Waals surface area contributed by atoms with E-state index in [-0.39, 0.29) is 18.5 Å². The van der Waals surface area contributed by atoms with Crippen LogP contribution >= 0.6 is 0 Å². The molecular formula is C57H107NO5. The van der Waals surface area contributed by atoms with Crippen LogP contribution in [0, 0.1) is 0 Å². The molecule has 0 radical (unpaired) electrons. The average molecular weight is 886 g/mol. The molecule has 370 valence electrons. The zero-order chi connectivity index (χ0) is 45.8. The zero-order valence-electron chi connectivity index (χ0n) is 42.1. The summed E-state index contributed by atoms with van der Waals surface area (Å²) in [5, 5.41) is 23.1. The molecular weight excluding hydrogens is 779 g/mol. The van der Waals surface area contributed by atoms with Gasteiger partial charge in [0.15, 0.2) is 0 Å². The van der Waals surface area contributed by atoms with Crippen LogP contribution in [-0.2, 0) is 14.3 Å². The number of nitrogens with one attached hydrogen (secondary N) is 1. The number of aliphatic hydroxyl groups is 2. The standard InChI is InChI=1S/C57H107NO5/c1-3-5-7-9-11-13-15-17-19-20-21-22-27-31-35-39-43-47-51-57(62)63-52-48-44-40-36-32-28-24-23-26-30-34-38-42-46-50-56(61)58-54(53-59)55(60)49-45-41-37-33-29-25-18-16-14-12-10-8-6-4-2/h13,15,19-20,45,49,54-55,59-60H,3-12,14,16-18,21-44,46-48,50-53H2,1-2H3,(H,58,61)/b15-13-,20-19-,49-45+. The lowest BCUT2D eigenvalue weighted by Gasteiger charge is -2.20. The Morgan fingerprint density at radius 3 is 1.22 bits per heavy atom. The maximum atomic E-state index is 12.4. The van der Waals surface area contributed by atoms with Crippen LogP contribution in [-0.4, -0.2) is 47.4 Å². The van der Waals surface area contributed by atoms with Crippen LogP contribution in [0.25, 0.3) is 0 Å². The maximum Gasteiger partial charge on any atom is 0.305 e. The second-order valence-electron chi connectivity index (χ2n) is 18.9. The molecule has 0 aromatic carbocycles. The predicted octanol–water partition coefficient (Wildman–Crippen LogP) is 16.9. The lowest BCUT2D eigenvalue weighted by molar-refractivity contribution is -0.143. The number of aliphatic hydroxyl groups excluding tert-OH is 2. The highest BCUT2D eigenvalue weighted by Gasteiger charge is 2.18. The normalized spacial score (nSPS) is 12.9. The highest BCUT2D eigenvalue weighted by molar-refractivity contribution is 5.76. The fraction of sp³-hybridized carbons (Fsp3) is 0.860. The summed E-state index contributed by atoms with van der Waals surface area (Å²) in [5.41, 5.74) is 0. The van der Waals surface area contributed by atoms with E-state index < -0.39 is 12.1 Å². The monoisotopic (exact) mass is 886 g/mol. The first-order valence-corrected chi connectivity index (χ1v) is 27.8. The summed E-state index contributed by atoms with van der Waals surface area (Å²) < 4.78 is 5.48. The van der Waals surface area contributed by atoms with Crippen LogP contribution in [0.5, 0.6) is 0 Å². The van der Waals surface area contributed by atoms with E-state index in [4.69, 9.17) is 4.74 Å². The zero-order valence-corrected chi connectivity index (χ0v) is 42.1. The number of amides is 1. The smallest absolute Gasteiger partial charge is 0.305 e. The third-order valence-electron chi connectivity index (χ3n) is 12.7. The number of hydrogen-bond donors (Lipinski definition) is 3. The molecule has 1 amide bonds. The van der Waals surface area contributed by atoms with Crippen LogP contribution in [0.3, 0.4) is 0 Å². The van der Waals surface area contributed by atoms with Gasteiger partial charge in [-0.1, -0.05) is 249 Å². The Morgan fingerprint density at radius 2 is 0.794 bits per heavy atom. The first kappa shape index (κ1) is 61.1. The first-order valence-electron chi connectivity index (χ1n) is 27.8. The molecule has 0 saturated heterocycles. The third-order valence-corrected chi connectivity index (χ3v) is 12.7. The molecule has 0 bridgehead atoms. The maximum absolute atomic E-state index is 12.4. The van der Waals surface area contributed by atoms with Gasteiger partial charge in [0.1, 0.15) is 0 Å². The van der Waals surface area contributed by atoms with Crippen LogP contribution in [0.1, 0.15) is 290 Å². The van der Waals surface area contributed by atoms with Gasteiger partial charge in [-0.3, -0.25) is 9.59 Å². The summed E-state index contributed by atoms with van der Waals surface area (Å²) in [6.45, 7) is 4.86. The van der Waals surface area contributed by atoms with E-state index in [1.165, 1.54) is 199 Å². The average Bonchev–Trinajstić information content (AvgIpc) is 3.28. The van der Waals surface area contributed by atoms with Crippen molar-refractivity contribution in [3.63, 3.8) is 0 Å². The molecule has 0 aliphatic heterocycles. The molecule has 0 heterocycles. The van der Waals surface area contributed by atoms with Crippen LogP contribution in [0.4, 0.5) is 0 Å². The molecule has 0 aromatic heterocycles. The number of carbonyl (C=O) groups is 2. The van der Waals surface area contributed by atoms with Gasteiger partial charge in [0.05, 0.1) is 25.4 Å². The first-order chi connectivity index (χ1) is 31.0. The fourth-order valence-corrected chi connectivity index (χ4v) is 8.37. The Bertz CT molecular complexity index is 1020. The molecule has 0 spiro atoms. The van der Waals surface area contributed by atoms with Gasteiger partial charge in [-0.15, -0.1) is 0 Å². The molecule has 6 heteroatoms. The lowest BCUT2D eigenvalue weighted by atomic mass is 10.0. The second-order valence-corrected chi connectivity index (χ2v) is 18.9. The molecule has 0 rings (SSSR count). The Morgan fingerprint density at radius 1 is 0.444 bits per heavy atom. The van der Waals surface area contributed by atoms with Crippen molar-refractivity contribution in [2.45, 2.75) is 302 Å². The minimum atomic E-state index is -0.851.